The van der Waals surface area contributed by atoms with Crippen molar-refractivity contribution in [1.29, 1.82) is 0 Å². The predicted octanol–water partition coefficient (Wildman–Crippen LogP) is 5.13. The molecule has 0 bridgehead atoms. The van der Waals surface area contributed by atoms with Gasteiger partial charge in [-0.1, -0.05) is 49.4 Å². The summed E-state index contributed by atoms with van der Waals surface area (Å²) >= 11 is 2.14. The lowest BCUT2D eigenvalue weighted by Gasteiger charge is -2.32. The molecule has 1 N–H and O–H groups in total. The molecule has 0 spiro atoms. The number of sulfonamides is 1. The third kappa shape index (κ3) is 7.35. The smallest absolute Gasteiger partial charge is 0.264 e. The monoisotopic (exact) mass is 647 g/mol. The van der Waals surface area contributed by atoms with Crippen LogP contribution in [0.25, 0.3) is 0 Å². The number of benzene rings is 3. The van der Waals surface area contributed by atoms with Crippen LogP contribution >= 0.6 is 22.6 Å². The fourth-order valence-corrected chi connectivity index (χ4v) is 5.67. The number of hydrogen-bond donors (Lipinski definition) is 1. The van der Waals surface area contributed by atoms with Crippen molar-refractivity contribution in [3.63, 3.8) is 0 Å². The van der Waals surface area contributed by atoms with Crippen LogP contribution < -0.4 is 9.62 Å². The van der Waals surface area contributed by atoms with E-state index in [0.717, 1.165) is 25.4 Å². The van der Waals surface area contributed by atoms with Crippen LogP contribution in [0.15, 0.2) is 83.8 Å². The highest BCUT2D eigenvalue weighted by Gasteiger charge is 2.32. The number of carbonyl (C=O) groups is 2. The lowest BCUT2D eigenvalue weighted by Crippen LogP contribution is -2.52. The molecule has 0 heterocycles. The Hall–Kier alpha value is -2.92. The van der Waals surface area contributed by atoms with E-state index >= 15 is 0 Å². The molecule has 0 unspecified atom stereocenters. The minimum Gasteiger partial charge on any atom is -0.352 e. The summed E-state index contributed by atoms with van der Waals surface area (Å²) in [6.45, 7) is 7.22. The maximum absolute atomic E-state index is 13.9. The molecule has 3 aromatic carbocycles. The molecular formula is C29H34IN3O4S. The van der Waals surface area contributed by atoms with Gasteiger partial charge in [-0.3, -0.25) is 13.9 Å². The Bertz CT molecular complexity index is 1350. The van der Waals surface area contributed by atoms with E-state index in [4.69, 9.17) is 0 Å². The van der Waals surface area contributed by atoms with Gasteiger partial charge in [0, 0.05) is 16.2 Å². The Labute approximate surface area is 239 Å². The standard InChI is InChI=1S/C29H34IN3O4S/c1-5-22(3)31-29(35)23(4)32(19-24-12-10-9-11-21(24)2)28(34)20-33(26-17-15-25(30)16-18-26)38(36,37)27-13-7-6-8-14-27/h6-18,22-23H,5,19-20H2,1-4H3,(H,31,35)/t22-,23-/m0/s1. The highest BCUT2D eigenvalue weighted by Crippen LogP contribution is 2.25. The van der Waals surface area contributed by atoms with Crippen molar-refractivity contribution in [3.05, 3.63) is 93.6 Å². The molecule has 3 aromatic rings. The molecule has 202 valence electrons. The van der Waals surface area contributed by atoms with Crippen molar-refractivity contribution < 1.29 is 18.0 Å². The Morgan fingerprint density at radius 1 is 0.921 bits per heavy atom. The van der Waals surface area contributed by atoms with E-state index in [1.807, 2.05) is 45.0 Å². The molecule has 0 fully saturated rings. The molecule has 7 nitrogen and oxygen atoms in total. The number of nitrogens with one attached hydrogen (secondary N) is 1. The highest BCUT2D eigenvalue weighted by atomic mass is 127. The summed E-state index contributed by atoms with van der Waals surface area (Å²) in [6, 6.07) is 21.8. The molecular weight excluding hydrogens is 613 g/mol. The topological polar surface area (TPSA) is 86.8 Å². The molecule has 0 aliphatic rings. The maximum atomic E-state index is 13.9. The van der Waals surface area contributed by atoms with E-state index in [-0.39, 0.29) is 23.4 Å². The summed E-state index contributed by atoms with van der Waals surface area (Å²) in [5.41, 5.74) is 2.23. The van der Waals surface area contributed by atoms with Crippen LogP contribution in [0.1, 0.15) is 38.3 Å². The van der Waals surface area contributed by atoms with Crippen molar-refractivity contribution in [3.8, 4) is 0 Å². The van der Waals surface area contributed by atoms with Gasteiger partial charge >= 0.3 is 0 Å². The first kappa shape index (κ1) is 29.6. The van der Waals surface area contributed by atoms with Gasteiger partial charge in [0.2, 0.25) is 11.8 Å². The highest BCUT2D eigenvalue weighted by molar-refractivity contribution is 14.1. The lowest BCUT2D eigenvalue weighted by atomic mass is 10.1. The molecule has 3 rings (SSSR count). The first-order valence-corrected chi connectivity index (χ1v) is 15.0. The van der Waals surface area contributed by atoms with Gasteiger partial charge in [0.05, 0.1) is 10.6 Å². The summed E-state index contributed by atoms with van der Waals surface area (Å²) in [4.78, 5) is 28.6. The average Bonchev–Trinajstić information content (AvgIpc) is 2.91. The van der Waals surface area contributed by atoms with E-state index in [2.05, 4.69) is 27.9 Å². The van der Waals surface area contributed by atoms with Crippen molar-refractivity contribution in [2.75, 3.05) is 10.8 Å². The normalized spacial score (nSPS) is 12.9. The van der Waals surface area contributed by atoms with Gasteiger partial charge in [0.25, 0.3) is 10.0 Å². The fraction of sp³-hybridized carbons (Fsp3) is 0.310. The van der Waals surface area contributed by atoms with Gasteiger partial charge < -0.3 is 10.2 Å². The molecule has 0 aliphatic carbocycles. The Balaban J connectivity index is 2.02. The second-order valence-electron chi connectivity index (χ2n) is 9.24. The Morgan fingerprint density at radius 2 is 1.53 bits per heavy atom. The number of carbonyl (C=O) groups excluding carboxylic acids is 2. The first-order valence-electron chi connectivity index (χ1n) is 12.5. The van der Waals surface area contributed by atoms with Gasteiger partial charge in [0.1, 0.15) is 12.6 Å². The molecule has 0 radical (unpaired) electrons. The van der Waals surface area contributed by atoms with E-state index in [9.17, 15) is 18.0 Å². The van der Waals surface area contributed by atoms with Crippen molar-refractivity contribution in [1.82, 2.24) is 10.2 Å². The van der Waals surface area contributed by atoms with Crippen LogP contribution in [0.3, 0.4) is 0 Å². The van der Waals surface area contributed by atoms with Crippen LogP contribution in [0.5, 0.6) is 0 Å². The summed E-state index contributed by atoms with van der Waals surface area (Å²) < 4.78 is 29.6. The molecule has 0 saturated heterocycles. The second kappa shape index (κ2) is 13.2. The van der Waals surface area contributed by atoms with E-state index in [0.29, 0.717) is 5.69 Å². The number of amides is 2. The average molecular weight is 648 g/mol. The number of halogens is 1. The quantitative estimate of drug-likeness (QED) is 0.293. The zero-order valence-electron chi connectivity index (χ0n) is 22.1. The zero-order chi connectivity index (χ0) is 27.9. The SMILES string of the molecule is CC[C@H](C)NC(=O)[C@H](C)N(Cc1ccccc1C)C(=O)CN(c1ccc(I)cc1)S(=O)(=O)c1ccccc1. The zero-order valence-corrected chi connectivity index (χ0v) is 25.1. The number of rotatable bonds is 11. The largest absolute Gasteiger partial charge is 0.352 e. The lowest BCUT2D eigenvalue weighted by molar-refractivity contribution is -0.139. The summed E-state index contributed by atoms with van der Waals surface area (Å²) in [5.74, 6) is -0.758. The van der Waals surface area contributed by atoms with Gasteiger partial charge in [-0.25, -0.2) is 8.42 Å². The Morgan fingerprint density at radius 3 is 2.13 bits per heavy atom. The fourth-order valence-electron chi connectivity index (χ4n) is 3.87. The van der Waals surface area contributed by atoms with Crippen LogP contribution in [-0.4, -0.2) is 43.8 Å². The molecule has 2 amide bonds. The van der Waals surface area contributed by atoms with E-state index in [1.54, 1.807) is 49.4 Å². The van der Waals surface area contributed by atoms with Crippen LogP contribution in [0, 0.1) is 10.5 Å². The van der Waals surface area contributed by atoms with Gasteiger partial charge in [-0.05, 0) is 97.3 Å². The van der Waals surface area contributed by atoms with Gasteiger partial charge in [-0.2, -0.15) is 0 Å². The summed E-state index contributed by atoms with van der Waals surface area (Å²) in [6.07, 6.45) is 0.750. The molecule has 0 aliphatic heterocycles. The first-order chi connectivity index (χ1) is 18.0. The third-order valence-electron chi connectivity index (χ3n) is 6.49. The van der Waals surface area contributed by atoms with Crippen LogP contribution in [-0.2, 0) is 26.2 Å². The van der Waals surface area contributed by atoms with Crippen LogP contribution in [0.4, 0.5) is 5.69 Å². The van der Waals surface area contributed by atoms with Crippen molar-refractivity contribution in [2.24, 2.45) is 0 Å². The molecule has 9 heteroatoms. The number of anilines is 1. The number of hydrogen-bond acceptors (Lipinski definition) is 4. The molecule has 0 saturated carbocycles. The number of nitrogens with zero attached hydrogens (tertiary/aromatic N) is 2. The summed E-state index contributed by atoms with van der Waals surface area (Å²) in [5, 5.41) is 2.95. The minimum atomic E-state index is -4.06. The minimum absolute atomic E-state index is 0.0536. The van der Waals surface area contributed by atoms with Crippen LogP contribution in [0.2, 0.25) is 0 Å². The summed E-state index contributed by atoms with van der Waals surface area (Å²) in [7, 11) is -4.06. The maximum Gasteiger partial charge on any atom is 0.264 e. The molecule has 2 atom stereocenters. The third-order valence-corrected chi connectivity index (χ3v) is 9.00. The van der Waals surface area contributed by atoms with Crippen molar-refractivity contribution in [2.45, 2.75) is 57.6 Å². The van der Waals surface area contributed by atoms with Gasteiger partial charge in [-0.15, -0.1) is 0 Å². The second-order valence-corrected chi connectivity index (χ2v) is 12.4. The predicted molar refractivity (Wildman–Crippen MR) is 159 cm³/mol. The van der Waals surface area contributed by atoms with E-state index in [1.165, 1.54) is 17.0 Å². The van der Waals surface area contributed by atoms with Crippen molar-refractivity contribution >= 4 is 50.1 Å². The Kier molecular flexibility index (Phi) is 10.3. The van der Waals surface area contributed by atoms with Gasteiger partial charge in [0.15, 0.2) is 0 Å². The molecule has 38 heavy (non-hydrogen) atoms. The number of aryl methyl sites for hydroxylation is 1. The molecule has 0 aromatic heterocycles. The van der Waals surface area contributed by atoms with E-state index < -0.39 is 28.5 Å².